The molecule has 0 radical (unpaired) electrons. The Labute approximate surface area is 122 Å². The molecule has 2 rings (SSSR count). The minimum atomic E-state index is -0.179. The molecule has 0 aliphatic heterocycles. The van der Waals surface area contributed by atoms with E-state index in [4.69, 9.17) is 5.73 Å². The lowest BCUT2D eigenvalue weighted by molar-refractivity contribution is -0.116. The van der Waals surface area contributed by atoms with Gasteiger partial charge in [0.25, 0.3) is 0 Å². The number of carbonyl (C=O) groups is 1. The Balaban J connectivity index is 1.87. The van der Waals surface area contributed by atoms with E-state index >= 15 is 0 Å². The van der Waals surface area contributed by atoms with Gasteiger partial charge in [0.05, 0.1) is 0 Å². The molecule has 1 amide bonds. The first-order valence-corrected chi connectivity index (χ1v) is 6.72. The largest absolute Gasteiger partial charge is 0.398 e. The van der Waals surface area contributed by atoms with Crippen molar-refractivity contribution in [3.63, 3.8) is 0 Å². The molecule has 0 aliphatic carbocycles. The van der Waals surface area contributed by atoms with Crippen LogP contribution in [0.1, 0.15) is 18.4 Å². The van der Waals surface area contributed by atoms with E-state index in [-0.39, 0.29) is 11.6 Å². The molecule has 1 aromatic carbocycles. The lowest BCUT2D eigenvalue weighted by atomic mass is 10.1. The molecular weight excluding hydrogens is 270 g/mol. The van der Waals surface area contributed by atoms with Crippen LogP contribution in [-0.2, 0) is 18.4 Å². The van der Waals surface area contributed by atoms with Crippen molar-refractivity contribution in [1.29, 1.82) is 0 Å². The summed E-state index contributed by atoms with van der Waals surface area (Å²) in [6, 6.07) is 5.40. The number of benzene rings is 1. The van der Waals surface area contributed by atoms with Crippen molar-refractivity contribution >= 4 is 17.3 Å². The van der Waals surface area contributed by atoms with Gasteiger partial charge in [-0.1, -0.05) is 6.07 Å². The Morgan fingerprint density at radius 1 is 1.43 bits per heavy atom. The van der Waals surface area contributed by atoms with E-state index in [1.165, 1.54) is 15.6 Å². The SMILES string of the molecule is Cc1c(N)cccc1NC(=O)CCCn1ncn(C)c1=O. The highest BCUT2D eigenvalue weighted by molar-refractivity contribution is 5.92. The van der Waals surface area contributed by atoms with E-state index in [1.54, 1.807) is 19.2 Å². The van der Waals surface area contributed by atoms with Gasteiger partial charge in [-0.2, -0.15) is 5.10 Å². The van der Waals surface area contributed by atoms with Crippen molar-refractivity contribution in [2.24, 2.45) is 7.05 Å². The van der Waals surface area contributed by atoms with E-state index in [0.717, 1.165) is 11.3 Å². The second-order valence-electron chi connectivity index (χ2n) is 4.92. The summed E-state index contributed by atoms with van der Waals surface area (Å²) >= 11 is 0. The van der Waals surface area contributed by atoms with Gasteiger partial charge in [-0.15, -0.1) is 0 Å². The summed E-state index contributed by atoms with van der Waals surface area (Å²) in [6.07, 6.45) is 2.32. The molecule has 112 valence electrons. The van der Waals surface area contributed by atoms with E-state index in [2.05, 4.69) is 10.4 Å². The summed E-state index contributed by atoms with van der Waals surface area (Å²) in [7, 11) is 1.64. The molecule has 7 nitrogen and oxygen atoms in total. The highest BCUT2D eigenvalue weighted by Gasteiger charge is 2.07. The van der Waals surface area contributed by atoms with Crippen LogP contribution in [-0.4, -0.2) is 20.3 Å². The highest BCUT2D eigenvalue weighted by atomic mass is 16.2. The van der Waals surface area contributed by atoms with Gasteiger partial charge < -0.3 is 11.1 Å². The first kappa shape index (κ1) is 14.8. The van der Waals surface area contributed by atoms with Crippen LogP contribution in [0.25, 0.3) is 0 Å². The summed E-state index contributed by atoms with van der Waals surface area (Å²) in [5.74, 6) is -0.104. The predicted molar refractivity (Wildman–Crippen MR) is 80.9 cm³/mol. The number of carbonyl (C=O) groups excluding carboxylic acids is 1. The van der Waals surface area contributed by atoms with Crippen LogP contribution in [0.3, 0.4) is 0 Å². The molecule has 0 atom stereocenters. The number of hydrogen-bond acceptors (Lipinski definition) is 4. The molecule has 0 aliphatic rings. The molecule has 21 heavy (non-hydrogen) atoms. The van der Waals surface area contributed by atoms with Crippen molar-refractivity contribution in [2.75, 3.05) is 11.1 Å². The number of nitrogens with zero attached hydrogens (tertiary/aromatic N) is 3. The third-order valence-electron chi connectivity index (χ3n) is 3.31. The van der Waals surface area contributed by atoms with Crippen molar-refractivity contribution in [3.05, 3.63) is 40.6 Å². The Morgan fingerprint density at radius 3 is 2.86 bits per heavy atom. The van der Waals surface area contributed by atoms with Crippen molar-refractivity contribution < 1.29 is 4.79 Å². The fourth-order valence-corrected chi connectivity index (χ4v) is 1.97. The zero-order valence-corrected chi connectivity index (χ0v) is 12.2. The molecule has 2 aromatic rings. The van der Waals surface area contributed by atoms with Crippen molar-refractivity contribution in [1.82, 2.24) is 14.3 Å². The summed E-state index contributed by atoms with van der Waals surface area (Å²) in [5, 5.41) is 6.77. The lowest BCUT2D eigenvalue weighted by Crippen LogP contribution is -2.23. The Hall–Kier alpha value is -2.57. The number of hydrogen-bond donors (Lipinski definition) is 2. The topological polar surface area (TPSA) is 94.9 Å². The van der Waals surface area contributed by atoms with Gasteiger partial charge in [0.2, 0.25) is 5.91 Å². The van der Waals surface area contributed by atoms with Gasteiger partial charge in [0.1, 0.15) is 6.33 Å². The van der Waals surface area contributed by atoms with Crippen LogP contribution in [0.2, 0.25) is 0 Å². The lowest BCUT2D eigenvalue weighted by Gasteiger charge is -2.10. The number of aromatic nitrogens is 3. The minimum Gasteiger partial charge on any atom is -0.398 e. The molecule has 1 heterocycles. The molecule has 0 spiro atoms. The summed E-state index contributed by atoms with van der Waals surface area (Å²) in [6.45, 7) is 2.28. The van der Waals surface area contributed by atoms with Gasteiger partial charge in [0.15, 0.2) is 0 Å². The van der Waals surface area contributed by atoms with Gasteiger partial charge >= 0.3 is 5.69 Å². The molecule has 1 aromatic heterocycles. The number of amides is 1. The van der Waals surface area contributed by atoms with Crippen LogP contribution >= 0.6 is 0 Å². The van der Waals surface area contributed by atoms with Gasteiger partial charge in [-0.05, 0) is 31.0 Å². The maximum Gasteiger partial charge on any atom is 0.345 e. The zero-order valence-electron chi connectivity index (χ0n) is 12.2. The maximum atomic E-state index is 11.9. The second-order valence-corrected chi connectivity index (χ2v) is 4.92. The maximum absolute atomic E-state index is 11.9. The minimum absolute atomic E-state index is 0.104. The van der Waals surface area contributed by atoms with Crippen LogP contribution in [0.4, 0.5) is 11.4 Å². The normalized spacial score (nSPS) is 10.6. The smallest absolute Gasteiger partial charge is 0.345 e. The Bertz CT molecular complexity index is 702. The molecule has 7 heteroatoms. The third kappa shape index (κ3) is 3.50. The third-order valence-corrected chi connectivity index (χ3v) is 3.31. The van der Waals surface area contributed by atoms with E-state index < -0.39 is 0 Å². The molecule has 0 saturated carbocycles. The summed E-state index contributed by atoms with van der Waals surface area (Å²) in [4.78, 5) is 23.5. The van der Waals surface area contributed by atoms with Gasteiger partial charge in [0, 0.05) is 31.4 Å². The van der Waals surface area contributed by atoms with Crippen LogP contribution in [0, 0.1) is 6.92 Å². The highest BCUT2D eigenvalue weighted by Crippen LogP contribution is 2.20. The number of aryl methyl sites for hydroxylation is 2. The number of nitrogens with two attached hydrogens (primary N) is 1. The van der Waals surface area contributed by atoms with E-state index in [1.807, 2.05) is 13.0 Å². The van der Waals surface area contributed by atoms with Gasteiger partial charge in [-0.3, -0.25) is 9.36 Å². The molecule has 0 fully saturated rings. The monoisotopic (exact) mass is 289 g/mol. The first-order chi connectivity index (χ1) is 9.99. The van der Waals surface area contributed by atoms with E-state index in [9.17, 15) is 9.59 Å². The fraction of sp³-hybridized carbons (Fsp3) is 0.357. The summed E-state index contributed by atoms with van der Waals surface area (Å²) in [5.41, 5.74) is 7.83. The van der Waals surface area contributed by atoms with Crippen LogP contribution in [0.5, 0.6) is 0 Å². The molecule has 0 unspecified atom stereocenters. The number of nitrogens with one attached hydrogen (secondary N) is 1. The fourth-order valence-electron chi connectivity index (χ4n) is 1.97. The van der Waals surface area contributed by atoms with Gasteiger partial charge in [-0.25, -0.2) is 9.48 Å². The van der Waals surface area contributed by atoms with Crippen LogP contribution < -0.4 is 16.7 Å². The predicted octanol–water partition coefficient (Wildman–Crippen LogP) is 0.891. The summed E-state index contributed by atoms with van der Waals surface area (Å²) < 4.78 is 2.75. The van der Waals surface area contributed by atoms with E-state index in [0.29, 0.717) is 25.1 Å². The van der Waals surface area contributed by atoms with Crippen LogP contribution in [0.15, 0.2) is 29.3 Å². The quantitative estimate of drug-likeness (QED) is 0.799. The molecule has 0 bridgehead atoms. The number of rotatable bonds is 5. The molecule has 3 N–H and O–H groups in total. The van der Waals surface area contributed by atoms with Crippen molar-refractivity contribution in [3.8, 4) is 0 Å². The molecule has 0 saturated heterocycles. The zero-order chi connectivity index (χ0) is 15.4. The average molecular weight is 289 g/mol. The Kier molecular flexibility index (Phi) is 4.42. The first-order valence-electron chi connectivity index (χ1n) is 6.72. The number of nitrogen functional groups attached to an aromatic ring is 1. The molecular formula is C14H19N5O2. The van der Waals surface area contributed by atoms with Crippen molar-refractivity contribution in [2.45, 2.75) is 26.3 Å². The number of anilines is 2. The average Bonchev–Trinajstić information content (AvgIpc) is 2.76. The Morgan fingerprint density at radius 2 is 2.19 bits per heavy atom. The second kappa shape index (κ2) is 6.25. The standard InChI is InChI=1S/C14H19N5O2/c1-10-11(15)5-3-6-12(10)17-13(20)7-4-8-19-14(21)18(2)9-16-19/h3,5-6,9H,4,7-8,15H2,1-2H3,(H,17,20).